The first-order valence-electron chi connectivity index (χ1n) is 18.8. The van der Waals surface area contributed by atoms with Crippen molar-refractivity contribution in [3.63, 3.8) is 0 Å². The van der Waals surface area contributed by atoms with E-state index in [2.05, 4.69) is 26.8 Å². The molecule has 4 aromatic rings. The lowest BCUT2D eigenvalue weighted by Crippen LogP contribution is -2.54. The summed E-state index contributed by atoms with van der Waals surface area (Å²) in [5, 5.41) is 0.781. The molecule has 2 bridgehead atoms. The molecule has 12 nitrogen and oxygen atoms in total. The zero-order chi connectivity index (χ0) is 39.7. The normalized spacial score (nSPS) is 22.4. The van der Waals surface area contributed by atoms with E-state index in [-0.39, 0.29) is 30.9 Å². The van der Waals surface area contributed by atoms with Crippen LogP contribution in [-0.2, 0) is 28.3 Å². The van der Waals surface area contributed by atoms with E-state index in [4.69, 9.17) is 10.5 Å². The number of carbonyl (C=O) groups excluding carboxylic acids is 2. The number of piperidine rings is 2. The third-order valence-corrected chi connectivity index (χ3v) is 12.1. The first kappa shape index (κ1) is 38.1. The van der Waals surface area contributed by atoms with Gasteiger partial charge in [0.25, 0.3) is 5.91 Å². The highest BCUT2D eigenvalue weighted by atomic mass is 19.4. The molecule has 3 N–H and O–H groups in total. The second-order valence-corrected chi connectivity index (χ2v) is 15.5. The number of piperazine rings is 1. The number of H-pyrrole nitrogens is 1. The molecule has 0 saturated carbocycles. The number of nitrogens with zero attached hydrogens (tertiary/aromatic N) is 6. The molecule has 2 aromatic heterocycles. The van der Waals surface area contributed by atoms with Crippen molar-refractivity contribution >= 4 is 39.6 Å². The number of benzene rings is 2. The van der Waals surface area contributed by atoms with Crippen molar-refractivity contribution in [3.8, 4) is 0 Å². The fourth-order valence-corrected chi connectivity index (χ4v) is 9.25. The molecule has 0 aliphatic carbocycles. The van der Waals surface area contributed by atoms with Gasteiger partial charge < -0.3 is 30.2 Å². The summed E-state index contributed by atoms with van der Waals surface area (Å²) >= 11 is 0. The molecule has 56 heavy (non-hydrogen) atoms. The summed E-state index contributed by atoms with van der Waals surface area (Å²) in [6.07, 6.45) is -9.20. The maximum atomic E-state index is 14.1. The minimum absolute atomic E-state index is 0.113. The number of alkyl halides is 6. The highest BCUT2D eigenvalue weighted by Crippen LogP contribution is 2.42. The lowest BCUT2D eigenvalue weighted by molar-refractivity contribution is -0.142. The number of ether oxygens (including phenoxy) is 1. The van der Waals surface area contributed by atoms with Crippen LogP contribution in [0.15, 0.2) is 47.4 Å². The molecule has 0 spiro atoms. The Balaban J connectivity index is 1.00. The van der Waals surface area contributed by atoms with Crippen LogP contribution < -0.4 is 11.4 Å². The molecule has 4 aliphatic heterocycles. The van der Waals surface area contributed by atoms with Gasteiger partial charge in [0.2, 0.25) is 0 Å². The number of aromatic amines is 1. The largest absolute Gasteiger partial charge is 0.436 e. The Morgan fingerprint density at radius 2 is 1.52 bits per heavy atom. The minimum atomic E-state index is -5.22. The summed E-state index contributed by atoms with van der Waals surface area (Å²) in [6, 6.07) is 9.17. The SMILES string of the molecule is CN1CC2CC1CN2C1CCN(C(=O)[C@@H](Cc2cc(C(F)(F)F)c(N)c(C(F)(F)F)c2)OC(=O)N2CCC(n3c(=O)[nH]c4c5ccccc5ncc43)CC2)CC1. The molecule has 4 aliphatic rings. The molecule has 18 heteroatoms. The second-order valence-electron chi connectivity index (χ2n) is 15.5. The van der Waals surface area contributed by atoms with Crippen LogP contribution in [0.1, 0.15) is 54.8 Å². The van der Waals surface area contributed by atoms with Gasteiger partial charge in [-0.15, -0.1) is 0 Å². The third kappa shape index (κ3) is 7.05. The van der Waals surface area contributed by atoms with E-state index in [1.54, 1.807) is 10.8 Å². The summed E-state index contributed by atoms with van der Waals surface area (Å²) in [4.78, 5) is 56.0. The van der Waals surface area contributed by atoms with Gasteiger partial charge in [0.15, 0.2) is 6.10 Å². The molecule has 8 rings (SSSR count). The fourth-order valence-electron chi connectivity index (χ4n) is 9.25. The summed E-state index contributed by atoms with van der Waals surface area (Å²) in [5.74, 6) is -0.696. The second kappa shape index (κ2) is 14.3. The van der Waals surface area contributed by atoms with Gasteiger partial charge in [0.05, 0.1) is 39.6 Å². The number of nitrogens with two attached hydrogens (primary N) is 1. The van der Waals surface area contributed by atoms with Crippen LogP contribution in [0, 0.1) is 0 Å². The number of nitrogen functional groups attached to an aromatic ring is 1. The van der Waals surface area contributed by atoms with Crippen LogP contribution in [0.5, 0.6) is 0 Å². The fraction of sp³-hybridized carbons (Fsp3) is 0.526. The Labute approximate surface area is 317 Å². The van der Waals surface area contributed by atoms with E-state index < -0.39 is 59.3 Å². The smallest absolute Gasteiger partial charge is 0.418 e. The number of hydrogen-bond donors (Lipinski definition) is 2. The Bertz CT molecular complexity index is 2170. The topological polar surface area (TPSA) is 133 Å². The Hall–Kier alpha value is -4.84. The lowest BCUT2D eigenvalue weighted by Gasteiger charge is -2.42. The van der Waals surface area contributed by atoms with Crippen LogP contribution in [0.2, 0.25) is 0 Å². The number of nitrogens with one attached hydrogen (secondary N) is 1. The predicted molar refractivity (Wildman–Crippen MR) is 194 cm³/mol. The van der Waals surface area contributed by atoms with E-state index in [9.17, 15) is 40.7 Å². The van der Waals surface area contributed by atoms with Gasteiger partial charge in [-0.2, -0.15) is 26.3 Å². The highest BCUT2D eigenvalue weighted by Gasteiger charge is 2.46. The van der Waals surface area contributed by atoms with Crippen molar-refractivity contribution in [1.82, 2.24) is 34.1 Å². The summed E-state index contributed by atoms with van der Waals surface area (Å²) in [5.41, 5.74) is 1.64. The number of amides is 2. The Kier molecular flexibility index (Phi) is 9.70. The number of rotatable bonds is 6. The molecule has 0 radical (unpaired) electrons. The number of anilines is 1. The maximum Gasteiger partial charge on any atom is 0.418 e. The van der Waals surface area contributed by atoms with Crippen LogP contribution in [0.25, 0.3) is 21.9 Å². The van der Waals surface area contributed by atoms with E-state index in [0.29, 0.717) is 79.5 Å². The molecule has 4 fully saturated rings. The van der Waals surface area contributed by atoms with Crippen molar-refractivity contribution in [1.29, 1.82) is 0 Å². The van der Waals surface area contributed by atoms with Gasteiger partial charge in [-0.1, -0.05) is 18.2 Å². The molecule has 300 valence electrons. The van der Waals surface area contributed by atoms with E-state index in [0.717, 1.165) is 24.9 Å². The number of pyridine rings is 1. The van der Waals surface area contributed by atoms with Crippen LogP contribution >= 0.6 is 0 Å². The zero-order valence-electron chi connectivity index (χ0n) is 30.6. The number of likely N-dealkylation sites (N-methyl/N-ethyl adjacent to an activating group) is 1. The van der Waals surface area contributed by atoms with Gasteiger partial charge in [-0.05, 0) is 62.9 Å². The molecule has 2 aromatic carbocycles. The van der Waals surface area contributed by atoms with E-state index in [1.807, 2.05) is 24.3 Å². The molecule has 6 heterocycles. The van der Waals surface area contributed by atoms with Gasteiger partial charge in [0, 0.05) is 75.2 Å². The zero-order valence-corrected chi connectivity index (χ0v) is 30.6. The average molecular weight is 789 g/mol. The van der Waals surface area contributed by atoms with Gasteiger partial charge in [-0.25, -0.2) is 9.59 Å². The van der Waals surface area contributed by atoms with Gasteiger partial charge in [0.1, 0.15) is 0 Å². The average Bonchev–Trinajstić information content (AvgIpc) is 3.85. The first-order chi connectivity index (χ1) is 26.6. The van der Waals surface area contributed by atoms with Crippen LogP contribution in [0.4, 0.5) is 36.8 Å². The Morgan fingerprint density at radius 3 is 2.12 bits per heavy atom. The summed E-state index contributed by atoms with van der Waals surface area (Å²) in [6.45, 7) is 2.70. The predicted octanol–water partition coefficient (Wildman–Crippen LogP) is 5.26. The van der Waals surface area contributed by atoms with E-state index >= 15 is 0 Å². The number of halogens is 6. The number of aromatic nitrogens is 3. The highest BCUT2D eigenvalue weighted by molar-refractivity contribution is 6.01. The number of para-hydroxylation sites is 1. The molecule has 2 amide bonds. The standard InChI is InChI=1S/C38H42F6N8O4/c1-48-19-25-17-24(48)20-51(25)22-6-10-49(11-7-22)34(53)31(16-21-14-27(37(39,40)41)32(45)28(15-21)38(42,43)44)56-36(55)50-12-8-23(9-13-50)52-30-18-46-29-5-3-2-4-26(29)33(30)47-35(52)54/h2-5,14-15,18,22-25,31H,6-13,16-17,19-20,45H2,1H3,(H,47,54)/t24?,25?,31-/m1/s1. The number of hydrogen-bond acceptors (Lipinski definition) is 8. The third-order valence-electron chi connectivity index (χ3n) is 12.1. The Morgan fingerprint density at radius 1 is 0.893 bits per heavy atom. The number of likely N-dealkylation sites (tertiary alicyclic amines) is 4. The summed E-state index contributed by atoms with van der Waals surface area (Å²) in [7, 11) is 2.10. The summed E-state index contributed by atoms with van der Waals surface area (Å²) < 4.78 is 91.0. The molecule has 2 unspecified atom stereocenters. The van der Waals surface area contributed by atoms with Crippen LogP contribution in [0.3, 0.4) is 0 Å². The molecule has 3 atom stereocenters. The van der Waals surface area contributed by atoms with E-state index in [1.165, 1.54) is 9.80 Å². The molecular weight excluding hydrogens is 746 g/mol. The molecule has 4 saturated heterocycles. The van der Waals surface area contributed by atoms with Crippen molar-refractivity contribution in [3.05, 3.63) is 69.8 Å². The minimum Gasteiger partial charge on any atom is -0.436 e. The van der Waals surface area contributed by atoms with Crippen molar-refractivity contribution < 1.29 is 40.7 Å². The lowest BCUT2D eigenvalue weighted by atomic mass is 9.97. The first-order valence-corrected chi connectivity index (χ1v) is 18.8. The van der Waals surface area contributed by atoms with Gasteiger partial charge in [-0.3, -0.25) is 19.2 Å². The number of carbonyl (C=O) groups is 2. The molecular formula is C38H42F6N8O4. The quantitative estimate of drug-likeness (QED) is 0.200. The van der Waals surface area contributed by atoms with Crippen LogP contribution in [-0.4, -0.2) is 117 Å². The van der Waals surface area contributed by atoms with Crippen molar-refractivity contribution in [2.45, 2.75) is 81.1 Å². The number of fused-ring (bicyclic) bond motifs is 5. The monoisotopic (exact) mass is 788 g/mol. The van der Waals surface area contributed by atoms with Crippen molar-refractivity contribution in [2.24, 2.45) is 0 Å². The van der Waals surface area contributed by atoms with Crippen molar-refractivity contribution in [2.75, 3.05) is 52.0 Å². The van der Waals surface area contributed by atoms with Gasteiger partial charge >= 0.3 is 24.1 Å². The maximum absolute atomic E-state index is 14.1. The number of imidazole rings is 1.